The second-order valence-electron chi connectivity index (χ2n) is 5.06. The quantitative estimate of drug-likeness (QED) is 0.303. The molecule has 1 aromatic carbocycles. The minimum atomic E-state index is -0.698. The van der Waals surface area contributed by atoms with Crippen LogP contribution in [0.2, 0.25) is 0 Å². The van der Waals surface area contributed by atoms with E-state index in [4.69, 9.17) is 21.7 Å². The van der Waals surface area contributed by atoms with Crippen molar-refractivity contribution in [1.29, 1.82) is 0 Å². The summed E-state index contributed by atoms with van der Waals surface area (Å²) in [4.78, 5) is 10.2. The lowest BCUT2D eigenvalue weighted by Crippen LogP contribution is -2.37. The summed E-state index contributed by atoms with van der Waals surface area (Å²) in [7, 11) is 1.31. The van der Waals surface area contributed by atoms with Crippen molar-refractivity contribution in [2.75, 3.05) is 20.3 Å². The standard InChI is InChI=1S/C14H18N4O5S/c1-22-12-6-9(5-11(13(12)19)18(20)21)7-16-17-14(24)15-8-10-3-2-4-23-10/h5-7,10,19H,2-4,8H2,1H3,(H2,15,17,24)/b16-7+/t10-/m0/s1. The zero-order valence-electron chi connectivity index (χ0n) is 13.0. The van der Waals surface area contributed by atoms with Crippen LogP contribution >= 0.6 is 12.2 Å². The fourth-order valence-corrected chi connectivity index (χ4v) is 2.34. The number of ether oxygens (including phenoxy) is 2. The number of nitrogens with one attached hydrogen (secondary N) is 2. The summed E-state index contributed by atoms with van der Waals surface area (Å²) < 4.78 is 10.4. The van der Waals surface area contributed by atoms with Gasteiger partial charge in [0.2, 0.25) is 5.75 Å². The first-order chi connectivity index (χ1) is 11.5. The average Bonchev–Trinajstić information content (AvgIpc) is 3.07. The van der Waals surface area contributed by atoms with Gasteiger partial charge in [0.25, 0.3) is 0 Å². The van der Waals surface area contributed by atoms with Gasteiger partial charge in [-0.3, -0.25) is 15.5 Å². The van der Waals surface area contributed by atoms with Crippen LogP contribution in [-0.4, -0.2) is 47.7 Å². The number of hydrogen-bond acceptors (Lipinski definition) is 7. The van der Waals surface area contributed by atoms with Gasteiger partial charge < -0.3 is 19.9 Å². The summed E-state index contributed by atoms with van der Waals surface area (Å²) in [5.41, 5.74) is 2.53. The lowest BCUT2D eigenvalue weighted by molar-refractivity contribution is -0.386. The van der Waals surface area contributed by atoms with Gasteiger partial charge in [-0.25, -0.2) is 0 Å². The number of nitro groups is 1. The van der Waals surface area contributed by atoms with E-state index in [1.807, 2.05) is 0 Å². The van der Waals surface area contributed by atoms with E-state index in [0.717, 1.165) is 19.4 Å². The average molecular weight is 354 g/mol. The molecule has 0 aliphatic carbocycles. The maximum absolute atomic E-state index is 10.9. The molecule has 1 aromatic rings. The number of hydrazone groups is 1. The molecule has 0 radical (unpaired) electrons. The molecule has 2 rings (SSSR count). The highest BCUT2D eigenvalue weighted by molar-refractivity contribution is 7.80. The molecule has 3 N–H and O–H groups in total. The van der Waals surface area contributed by atoms with Crippen LogP contribution in [0.15, 0.2) is 17.2 Å². The summed E-state index contributed by atoms with van der Waals surface area (Å²) in [6.45, 7) is 1.37. The topological polar surface area (TPSA) is 118 Å². The van der Waals surface area contributed by atoms with Crippen LogP contribution in [-0.2, 0) is 4.74 Å². The Morgan fingerprint density at radius 3 is 3.08 bits per heavy atom. The molecule has 0 aromatic heterocycles. The smallest absolute Gasteiger partial charge is 0.315 e. The van der Waals surface area contributed by atoms with E-state index in [-0.39, 0.29) is 11.9 Å². The highest BCUT2D eigenvalue weighted by Crippen LogP contribution is 2.36. The van der Waals surface area contributed by atoms with Gasteiger partial charge in [0.05, 0.1) is 24.4 Å². The lowest BCUT2D eigenvalue weighted by Gasteiger charge is -2.11. The minimum absolute atomic E-state index is 0.00951. The number of benzene rings is 1. The van der Waals surface area contributed by atoms with Crippen molar-refractivity contribution in [2.24, 2.45) is 5.10 Å². The largest absolute Gasteiger partial charge is 0.500 e. The summed E-state index contributed by atoms with van der Waals surface area (Å²) in [6.07, 6.45) is 3.54. The predicted molar refractivity (Wildman–Crippen MR) is 91.6 cm³/mol. The van der Waals surface area contributed by atoms with Crippen LogP contribution in [0.25, 0.3) is 0 Å². The van der Waals surface area contributed by atoms with Crippen molar-refractivity contribution in [3.8, 4) is 11.5 Å². The van der Waals surface area contributed by atoms with Gasteiger partial charge in [-0.15, -0.1) is 0 Å². The Hall–Kier alpha value is -2.46. The summed E-state index contributed by atoms with van der Waals surface area (Å²) in [6, 6.07) is 2.61. The second-order valence-corrected chi connectivity index (χ2v) is 5.47. The van der Waals surface area contributed by atoms with Gasteiger partial charge in [0, 0.05) is 24.8 Å². The zero-order valence-corrected chi connectivity index (χ0v) is 13.8. The van der Waals surface area contributed by atoms with E-state index in [1.54, 1.807) is 0 Å². The molecule has 130 valence electrons. The van der Waals surface area contributed by atoms with E-state index in [0.29, 0.717) is 17.2 Å². The third-order valence-corrected chi connectivity index (χ3v) is 3.62. The molecule has 1 atom stereocenters. The highest BCUT2D eigenvalue weighted by Gasteiger charge is 2.19. The SMILES string of the molecule is COc1cc(/C=N/NC(=S)NC[C@@H]2CCCO2)cc([N+](=O)[O-])c1O. The Bertz CT molecular complexity index is 646. The van der Waals surface area contributed by atoms with Crippen LogP contribution in [0.4, 0.5) is 5.69 Å². The third kappa shape index (κ3) is 4.77. The van der Waals surface area contributed by atoms with E-state index in [1.165, 1.54) is 25.5 Å². The van der Waals surface area contributed by atoms with Gasteiger partial charge >= 0.3 is 5.69 Å². The minimum Gasteiger partial charge on any atom is -0.500 e. The number of rotatable bonds is 6. The van der Waals surface area contributed by atoms with E-state index in [2.05, 4.69) is 15.8 Å². The van der Waals surface area contributed by atoms with Crippen molar-refractivity contribution in [3.05, 3.63) is 27.8 Å². The molecule has 10 heteroatoms. The van der Waals surface area contributed by atoms with Crippen LogP contribution in [0.5, 0.6) is 11.5 Å². The number of phenols is 1. The van der Waals surface area contributed by atoms with E-state index in [9.17, 15) is 15.2 Å². The maximum atomic E-state index is 10.9. The normalized spacial score (nSPS) is 17.0. The first-order valence-corrected chi connectivity index (χ1v) is 7.66. The molecule has 1 heterocycles. The van der Waals surface area contributed by atoms with Crippen LogP contribution in [0, 0.1) is 10.1 Å². The van der Waals surface area contributed by atoms with Crippen molar-refractivity contribution >= 4 is 29.2 Å². The van der Waals surface area contributed by atoms with E-state index >= 15 is 0 Å². The Morgan fingerprint density at radius 2 is 2.46 bits per heavy atom. The van der Waals surface area contributed by atoms with Gasteiger partial charge in [-0.05, 0) is 31.1 Å². The van der Waals surface area contributed by atoms with Crippen LogP contribution in [0.1, 0.15) is 18.4 Å². The van der Waals surface area contributed by atoms with E-state index < -0.39 is 16.4 Å². The molecular formula is C14H18N4O5S. The highest BCUT2D eigenvalue weighted by atomic mass is 32.1. The molecule has 1 aliphatic rings. The van der Waals surface area contributed by atoms with Crippen molar-refractivity contribution in [2.45, 2.75) is 18.9 Å². The Labute approximate surface area is 143 Å². The number of aromatic hydroxyl groups is 1. The Morgan fingerprint density at radius 1 is 1.67 bits per heavy atom. The number of hydrogen-bond donors (Lipinski definition) is 3. The molecular weight excluding hydrogens is 336 g/mol. The van der Waals surface area contributed by atoms with Crippen LogP contribution in [0.3, 0.4) is 0 Å². The maximum Gasteiger partial charge on any atom is 0.315 e. The number of nitro benzene ring substituents is 1. The molecule has 9 nitrogen and oxygen atoms in total. The number of nitrogens with zero attached hydrogens (tertiary/aromatic N) is 2. The lowest BCUT2D eigenvalue weighted by atomic mass is 10.2. The predicted octanol–water partition coefficient (Wildman–Crippen LogP) is 1.29. The fourth-order valence-electron chi connectivity index (χ4n) is 2.20. The van der Waals surface area contributed by atoms with Gasteiger partial charge in [-0.1, -0.05) is 0 Å². The Kier molecular flexibility index (Phi) is 6.27. The van der Waals surface area contributed by atoms with Crippen molar-refractivity contribution < 1.29 is 19.5 Å². The second kappa shape index (κ2) is 8.41. The first kappa shape index (κ1) is 17.9. The molecule has 1 saturated heterocycles. The van der Waals surface area contributed by atoms with Crippen LogP contribution < -0.4 is 15.5 Å². The van der Waals surface area contributed by atoms with Gasteiger partial charge in [0.15, 0.2) is 10.9 Å². The third-order valence-electron chi connectivity index (χ3n) is 3.39. The molecule has 0 bridgehead atoms. The fraction of sp³-hybridized carbons (Fsp3) is 0.429. The monoisotopic (exact) mass is 354 g/mol. The molecule has 1 aliphatic heterocycles. The molecule has 1 fully saturated rings. The van der Waals surface area contributed by atoms with Gasteiger partial charge in [0.1, 0.15) is 0 Å². The zero-order chi connectivity index (χ0) is 17.5. The number of thiocarbonyl (C=S) groups is 1. The van der Waals surface area contributed by atoms with Crippen molar-refractivity contribution in [3.63, 3.8) is 0 Å². The summed E-state index contributed by atoms with van der Waals surface area (Å²) in [5, 5.41) is 27.8. The number of methoxy groups -OCH3 is 1. The Balaban J connectivity index is 1.94. The number of phenolic OH excluding ortho intramolecular Hbond substituents is 1. The van der Waals surface area contributed by atoms with Gasteiger partial charge in [-0.2, -0.15) is 5.10 Å². The van der Waals surface area contributed by atoms with Crippen molar-refractivity contribution in [1.82, 2.24) is 10.7 Å². The molecule has 0 spiro atoms. The molecule has 0 saturated carbocycles. The summed E-state index contributed by atoms with van der Waals surface area (Å²) >= 11 is 5.08. The molecule has 0 unspecified atom stereocenters. The molecule has 24 heavy (non-hydrogen) atoms. The summed E-state index contributed by atoms with van der Waals surface area (Å²) in [5.74, 6) is -0.536. The molecule has 0 amide bonds. The first-order valence-electron chi connectivity index (χ1n) is 7.25.